The molecular formula is C15H14Br3N. The summed E-state index contributed by atoms with van der Waals surface area (Å²) in [4.78, 5) is 4.45. The van der Waals surface area contributed by atoms with Crippen LogP contribution in [0, 0.1) is 5.92 Å². The van der Waals surface area contributed by atoms with Gasteiger partial charge in [0.2, 0.25) is 0 Å². The zero-order valence-electron chi connectivity index (χ0n) is 10.3. The van der Waals surface area contributed by atoms with Gasteiger partial charge in [-0.3, -0.25) is 4.98 Å². The van der Waals surface area contributed by atoms with Crippen molar-refractivity contribution in [1.29, 1.82) is 0 Å². The summed E-state index contributed by atoms with van der Waals surface area (Å²) in [5.74, 6) is 0.548. The maximum Gasteiger partial charge on any atom is 0.0413 e. The topological polar surface area (TPSA) is 12.9 Å². The van der Waals surface area contributed by atoms with Gasteiger partial charge in [-0.05, 0) is 58.5 Å². The van der Waals surface area contributed by atoms with E-state index in [0.717, 1.165) is 28.3 Å². The van der Waals surface area contributed by atoms with Crippen molar-refractivity contribution in [3.05, 3.63) is 62.8 Å². The Balaban J connectivity index is 2.05. The minimum atomic E-state index is 0.548. The minimum absolute atomic E-state index is 0.548. The van der Waals surface area contributed by atoms with Gasteiger partial charge in [0.25, 0.3) is 0 Å². The van der Waals surface area contributed by atoms with E-state index in [2.05, 4.69) is 77.0 Å². The molecule has 0 N–H and O–H groups in total. The van der Waals surface area contributed by atoms with Crippen LogP contribution in [0.25, 0.3) is 0 Å². The van der Waals surface area contributed by atoms with Gasteiger partial charge in [0.1, 0.15) is 0 Å². The van der Waals surface area contributed by atoms with E-state index in [9.17, 15) is 0 Å². The van der Waals surface area contributed by atoms with Crippen molar-refractivity contribution < 1.29 is 0 Å². The summed E-state index contributed by atoms with van der Waals surface area (Å²) in [6.45, 7) is 0. The molecule has 100 valence electrons. The molecule has 4 heteroatoms. The van der Waals surface area contributed by atoms with Gasteiger partial charge in [-0.25, -0.2) is 0 Å². The van der Waals surface area contributed by atoms with Crippen LogP contribution in [0.5, 0.6) is 0 Å². The van der Waals surface area contributed by atoms with Gasteiger partial charge in [-0.1, -0.05) is 50.1 Å². The molecule has 2 rings (SSSR count). The number of pyridine rings is 1. The number of rotatable bonds is 5. The van der Waals surface area contributed by atoms with Gasteiger partial charge in [0, 0.05) is 26.2 Å². The molecule has 0 saturated carbocycles. The fourth-order valence-electron chi connectivity index (χ4n) is 1.98. The van der Waals surface area contributed by atoms with Crippen LogP contribution in [0.2, 0.25) is 0 Å². The van der Waals surface area contributed by atoms with Crippen LogP contribution >= 0.6 is 47.8 Å². The maximum atomic E-state index is 4.45. The molecular weight excluding hydrogens is 434 g/mol. The maximum absolute atomic E-state index is 4.45. The quantitative estimate of drug-likeness (QED) is 0.559. The van der Waals surface area contributed by atoms with E-state index in [4.69, 9.17) is 0 Å². The van der Waals surface area contributed by atoms with Crippen LogP contribution in [-0.2, 0) is 12.8 Å². The molecule has 0 fully saturated rings. The first kappa shape index (κ1) is 15.2. The molecule has 1 aromatic heterocycles. The fourth-order valence-corrected chi connectivity index (χ4v) is 3.12. The van der Waals surface area contributed by atoms with Gasteiger partial charge in [0.05, 0.1) is 0 Å². The SMILES string of the molecule is BrCC(Cc1ccc(Br)cn1)Cc1ccccc1Br. The lowest BCUT2D eigenvalue weighted by atomic mass is 9.96. The third kappa shape index (κ3) is 4.69. The molecule has 1 unspecified atom stereocenters. The summed E-state index contributed by atoms with van der Waals surface area (Å²) in [5, 5.41) is 0.978. The van der Waals surface area contributed by atoms with Gasteiger partial charge in [0.15, 0.2) is 0 Å². The number of benzene rings is 1. The molecule has 1 heterocycles. The summed E-state index contributed by atoms with van der Waals surface area (Å²) in [6, 6.07) is 12.5. The smallest absolute Gasteiger partial charge is 0.0413 e. The first-order chi connectivity index (χ1) is 9.19. The van der Waals surface area contributed by atoms with E-state index in [1.165, 1.54) is 10.0 Å². The predicted octanol–water partition coefficient (Wildman–Crippen LogP) is 5.40. The Morgan fingerprint density at radius 2 is 1.79 bits per heavy atom. The summed E-state index contributed by atoms with van der Waals surface area (Å²) >= 11 is 10.6. The highest BCUT2D eigenvalue weighted by atomic mass is 79.9. The van der Waals surface area contributed by atoms with Crippen molar-refractivity contribution in [2.45, 2.75) is 12.8 Å². The number of halogens is 3. The van der Waals surface area contributed by atoms with Crippen molar-refractivity contribution in [2.24, 2.45) is 5.92 Å². The molecule has 2 aromatic rings. The van der Waals surface area contributed by atoms with Gasteiger partial charge >= 0.3 is 0 Å². The molecule has 0 saturated heterocycles. The molecule has 1 nitrogen and oxygen atoms in total. The largest absolute Gasteiger partial charge is 0.260 e. The highest BCUT2D eigenvalue weighted by Crippen LogP contribution is 2.22. The molecule has 19 heavy (non-hydrogen) atoms. The van der Waals surface area contributed by atoms with Crippen molar-refractivity contribution in [2.75, 3.05) is 5.33 Å². The van der Waals surface area contributed by atoms with Crippen molar-refractivity contribution in [3.8, 4) is 0 Å². The van der Waals surface area contributed by atoms with Gasteiger partial charge in [-0.15, -0.1) is 0 Å². The van der Waals surface area contributed by atoms with Crippen molar-refractivity contribution in [3.63, 3.8) is 0 Å². The molecule has 0 radical (unpaired) electrons. The fraction of sp³-hybridized carbons (Fsp3) is 0.267. The Labute approximate surface area is 139 Å². The van der Waals surface area contributed by atoms with Crippen LogP contribution in [0.15, 0.2) is 51.5 Å². The number of hydrogen-bond donors (Lipinski definition) is 0. The van der Waals surface area contributed by atoms with E-state index in [0.29, 0.717) is 5.92 Å². The third-order valence-corrected chi connectivity index (χ3v) is 5.13. The lowest BCUT2D eigenvalue weighted by molar-refractivity contribution is 0.581. The van der Waals surface area contributed by atoms with Crippen LogP contribution in [0.3, 0.4) is 0 Å². The highest BCUT2D eigenvalue weighted by Gasteiger charge is 2.12. The van der Waals surface area contributed by atoms with E-state index >= 15 is 0 Å². The van der Waals surface area contributed by atoms with Gasteiger partial charge < -0.3 is 0 Å². The summed E-state index contributed by atoms with van der Waals surface area (Å²) in [5.41, 5.74) is 2.49. The normalized spacial score (nSPS) is 12.4. The van der Waals surface area contributed by atoms with Crippen molar-refractivity contribution in [1.82, 2.24) is 4.98 Å². The Kier molecular flexibility index (Phi) is 6.05. The zero-order chi connectivity index (χ0) is 13.7. The molecule has 0 aliphatic heterocycles. The zero-order valence-corrected chi connectivity index (χ0v) is 15.1. The van der Waals surface area contributed by atoms with Crippen LogP contribution in [0.4, 0.5) is 0 Å². The molecule has 1 aromatic carbocycles. The standard InChI is InChI=1S/C15H14Br3N/c16-9-11(7-12-3-1-2-4-15(12)18)8-14-6-5-13(17)10-19-14/h1-6,10-11H,7-9H2. The molecule has 1 atom stereocenters. The Morgan fingerprint density at radius 1 is 1.00 bits per heavy atom. The van der Waals surface area contributed by atoms with Crippen LogP contribution < -0.4 is 0 Å². The first-order valence-corrected chi connectivity index (χ1v) is 8.79. The second-order valence-corrected chi connectivity index (χ2v) is 6.91. The second-order valence-electron chi connectivity index (χ2n) is 4.49. The molecule has 0 bridgehead atoms. The van der Waals surface area contributed by atoms with E-state index in [1.807, 2.05) is 18.3 Å². The third-order valence-electron chi connectivity index (χ3n) is 2.97. The average Bonchev–Trinajstić information content (AvgIpc) is 2.43. The van der Waals surface area contributed by atoms with E-state index in [-0.39, 0.29) is 0 Å². The predicted molar refractivity (Wildman–Crippen MR) is 90.8 cm³/mol. The number of hydrogen-bond acceptors (Lipinski definition) is 1. The summed E-state index contributed by atoms with van der Waals surface area (Å²) < 4.78 is 2.21. The van der Waals surface area contributed by atoms with Crippen LogP contribution in [0.1, 0.15) is 11.3 Å². The molecule has 0 amide bonds. The molecule has 0 aliphatic carbocycles. The summed E-state index contributed by atoms with van der Waals surface area (Å²) in [6.07, 6.45) is 3.89. The van der Waals surface area contributed by atoms with Gasteiger partial charge in [-0.2, -0.15) is 0 Å². The first-order valence-electron chi connectivity index (χ1n) is 6.09. The van der Waals surface area contributed by atoms with Crippen LogP contribution in [-0.4, -0.2) is 10.3 Å². The average molecular weight is 448 g/mol. The second kappa shape index (κ2) is 7.55. The number of alkyl halides is 1. The Morgan fingerprint density at radius 3 is 2.42 bits per heavy atom. The highest BCUT2D eigenvalue weighted by molar-refractivity contribution is 9.10. The Bertz CT molecular complexity index is 525. The minimum Gasteiger partial charge on any atom is -0.260 e. The monoisotopic (exact) mass is 445 g/mol. The molecule has 0 spiro atoms. The van der Waals surface area contributed by atoms with Crippen molar-refractivity contribution >= 4 is 47.8 Å². The van der Waals surface area contributed by atoms with E-state index < -0.39 is 0 Å². The summed E-state index contributed by atoms with van der Waals surface area (Å²) in [7, 11) is 0. The lowest BCUT2D eigenvalue weighted by Crippen LogP contribution is -2.11. The lowest BCUT2D eigenvalue weighted by Gasteiger charge is -2.14. The Hall–Kier alpha value is -0.190. The number of aromatic nitrogens is 1. The van der Waals surface area contributed by atoms with E-state index in [1.54, 1.807) is 0 Å². The molecule has 0 aliphatic rings. The number of nitrogens with zero attached hydrogens (tertiary/aromatic N) is 1.